The van der Waals surface area contributed by atoms with E-state index in [1.54, 1.807) is 0 Å². The second-order valence-corrected chi connectivity index (χ2v) is 11.7. The highest BCUT2D eigenvalue weighted by Gasteiger charge is 2.25. The van der Waals surface area contributed by atoms with Gasteiger partial charge in [-0.25, -0.2) is 0 Å². The number of nitrogens with zero attached hydrogens (tertiary/aromatic N) is 3. The molecule has 3 aromatic rings. The van der Waals surface area contributed by atoms with Crippen molar-refractivity contribution in [3.8, 4) is 0 Å². The van der Waals surface area contributed by atoms with E-state index in [9.17, 15) is 0 Å². The summed E-state index contributed by atoms with van der Waals surface area (Å²) in [5.41, 5.74) is 8.24. The first-order valence-electron chi connectivity index (χ1n) is 12.6. The molecule has 1 aliphatic rings. The molecule has 0 aliphatic carbocycles. The van der Waals surface area contributed by atoms with Gasteiger partial charge >= 0.3 is 0 Å². The maximum absolute atomic E-state index is 2.47. The first kappa shape index (κ1) is 24.2. The van der Waals surface area contributed by atoms with Crippen molar-refractivity contribution in [2.45, 2.75) is 65.7 Å². The lowest BCUT2D eigenvalue weighted by molar-refractivity contribution is 0.587. The Hall–Kier alpha value is -2.94. The van der Waals surface area contributed by atoms with E-state index >= 15 is 0 Å². The summed E-state index contributed by atoms with van der Waals surface area (Å²) in [6.45, 7) is 18.5. The van der Waals surface area contributed by atoms with Gasteiger partial charge in [-0.15, -0.1) is 0 Å². The average Bonchev–Trinajstić information content (AvgIpc) is 2.83. The van der Waals surface area contributed by atoms with E-state index in [-0.39, 0.29) is 10.8 Å². The maximum Gasteiger partial charge on any atom is 0.0937 e. The summed E-state index contributed by atoms with van der Waals surface area (Å²) in [4.78, 5) is 7.42. The van der Waals surface area contributed by atoms with Crippen molar-refractivity contribution < 1.29 is 0 Å². The smallest absolute Gasteiger partial charge is 0.0937 e. The quantitative estimate of drug-likeness (QED) is 0.402. The minimum atomic E-state index is 0.161. The van der Waals surface area contributed by atoms with E-state index < -0.39 is 0 Å². The Morgan fingerprint density at radius 1 is 0.500 bits per heavy atom. The molecule has 0 radical (unpaired) electrons. The first-order chi connectivity index (χ1) is 16.0. The van der Waals surface area contributed by atoms with Gasteiger partial charge in [0.05, 0.1) is 20.0 Å². The van der Waals surface area contributed by atoms with E-state index in [4.69, 9.17) is 0 Å². The van der Waals surface area contributed by atoms with Crippen LogP contribution in [0.4, 0.5) is 17.1 Å². The fourth-order valence-electron chi connectivity index (χ4n) is 4.53. The van der Waals surface area contributed by atoms with Crippen LogP contribution in [0.2, 0.25) is 0 Å². The molecule has 3 heteroatoms. The third kappa shape index (κ3) is 5.41. The van der Waals surface area contributed by atoms with E-state index in [1.807, 2.05) is 0 Å². The lowest BCUT2D eigenvalue weighted by Crippen LogP contribution is -2.55. The van der Waals surface area contributed by atoms with Gasteiger partial charge in [0.1, 0.15) is 0 Å². The van der Waals surface area contributed by atoms with Gasteiger partial charge in [-0.05, 0) is 70.3 Å². The Balaban J connectivity index is 1.64. The van der Waals surface area contributed by atoms with E-state index in [0.717, 1.165) is 26.4 Å². The number of benzene rings is 3. The van der Waals surface area contributed by atoms with Gasteiger partial charge < -0.3 is 14.7 Å². The lowest BCUT2D eigenvalue weighted by Gasteiger charge is -2.45. The van der Waals surface area contributed by atoms with Crippen molar-refractivity contribution in [1.29, 1.82) is 0 Å². The van der Waals surface area contributed by atoms with Crippen molar-refractivity contribution in [1.82, 2.24) is 0 Å². The van der Waals surface area contributed by atoms with Crippen LogP contribution in [0.1, 0.15) is 65.2 Å². The van der Waals surface area contributed by atoms with Crippen LogP contribution in [-0.4, -0.2) is 20.0 Å². The molecule has 0 atom stereocenters. The predicted octanol–water partition coefficient (Wildman–Crippen LogP) is 7.55. The Morgan fingerprint density at radius 2 is 0.794 bits per heavy atom. The summed E-state index contributed by atoms with van der Waals surface area (Å²) in [6, 6.07) is 27.3. The van der Waals surface area contributed by atoms with Crippen molar-refractivity contribution in [2.75, 3.05) is 34.7 Å². The minimum absolute atomic E-state index is 0.161. The molecule has 34 heavy (non-hydrogen) atoms. The SMILES string of the molecule is CCc1ccc(N2CN(c3ccc(C(C)(C)C)cc3)CN(c3ccc(C(C)(C)C)cc3)C2)cc1. The van der Waals surface area contributed by atoms with Crippen LogP contribution in [0, 0.1) is 0 Å². The van der Waals surface area contributed by atoms with Crippen molar-refractivity contribution in [3.63, 3.8) is 0 Å². The zero-order chi connectivity index (χ0) is 24.5. The van der Waals surface area contributed by atoms with Crippen LogP contribution in [0.5, 0.6) is 0 Å². The topological polar surface area (TPSA) is 9.72 Å². The maximum atomic E-state index is 2.47. The van der Waals surface area contributed by atoms with E-state index in [2.05, 4.69) is 136 Å². The van der Waals surface area contributed by atoms with Gasteiger partial charge in [-0.1, -0.05) is 84.9 Å². The number of anilines is 3. The molecule has 0 saturated carbocycles. The fraction of sp³-hybridized carbons (Fsp3) is 0.419. The molecular weight excluding hydrogens is 414 g/mol. The summed E-state index contributed by atoms with van der Waals surface area (Å²) in [6.07, 6.45) is 1.07. The molecule has 1 heterocycles. The van der Waals surface area contributed by atoms with Crippen molar-refractivity contribution in [3.05, 3.63) is 89.5 Å². The Labute approximate surface area is 207 Å². The number of rotatable bonds is 4. The molecule has 0 aromatic heterocycles. The third-order valence-corrected chi connectivity index (χ3v) is 6.93. The summed E-state index contributed by atoms with van der Waals surface area (Å²) in [5.74, 6) is 0. The lowest BCUT2D eigenvalue weighted by atomic mass is 9.87. The average molecular weight is 456 g/mol. The highest BCUT2D eigenvalue weighted by Crippen LogP contribution is 2.30. The molecule has 3 nitrogen and oxygen atoms in total. The summed E-state index contributed by atoms with van der Waals surface area (Å²) in [5, 5.41) is 0. The molecule has 0 unspecified atom stereocenters. The molecule has 1 aliphatic heterocycles. The summed E-state index contributed by atoms with van der Waals surface area (Å²) >= 11 is 0. The van der Waals surface area contributed by atoms with Crippen LogP contribution < -0.4 is 14.7 Å². The normalized spacial score (nSPS) is 15.1. The Bertz CT molecular complexity index is 1000. The van der Waals surface area contributed by atoms with Crippen LogP contribution in [0.3, 0.4) is 0 Å². The van der Waals surface area contributed by atoms with Crippen LogP contribution in [-0.2, 0) is 17.3 Å². The van der Waals surface area contributed by atoms with Gasteiger partial charge in [0.2, 0.25) is 0 Å². The molecule has 3 aromatic carbocycles. The summed E-state index contributed by atoms with van der Waals surface area (Å²) in [7, 11) is 0. The zero-order valence-corrected chi connectivity index (χ0v) is 22.1. The predicted molar refractivity (Wildman–Crippen MR) is 148 cm³/mol. The third-order valence-electron chi connectivity index (χ3n) is 6.93. The van der Waals surface area contributed by atoms with Gasteiger partial charge in [0, 0.05) is 17.1 Å². The first-order valence-corrected chi connectivity index (χ1v) is 12.6. The zero-order valence-electron chi connectivity index (χ0n) is 22.1. The molecule has 0 bridgehead atoms. The fourth-order valence-corrected chi connectivity index (χ4v) is 4.53. The molecule has 0 N–H and O–H groups in total. The van der Waals surface area contributed by atoms with Crippen LogP contribution in [0.15, 0.2) is 72.8 Å². The van der Waals surface area contributed by atoms with E-state index in [1.165, 1.54) is 33.8 Å². The van der Waals surface area contributed by atoms with Gasteiger partial charge in [0.15, 0.2) is 0 Å². The highest BCUT2D eigenvalue weighted by atomic mass is 15.5. The van der Waals surface area contributed by atoms with Crippen molar-refractivity contribution >= 4 is 17.1 Å². The number of aryl methyl sites for hydroxylation is 1. The molecule has 1 saturated heterocycles. The molecule has 0 spiro atoms. The molecule has 4 rings (SSSR count). The van der Waals surface area contributed by atoms with Crippen molar-refractivity contribution in [2.24, 2.45) is 0 Å². The second kappa shape index (κ2) is 9.37. The number of hydrogen-bond donors (Lipinski definition) is 0. The van der Waals surface area contributed by atoms with Gasteiger partial charge in [-0.3, -0.25) is 0 Å². The second-order valence-electron chi connectivity index (χ2n) is 11.7. The van der Waals surface area contributed by atoms with Crippen LogP contribution >= 0.6 is 0 Å². The summed E-state index contributed by atoms with van der Waals surface area (Å²) < 4.78 is 0. The number of hydrogen-bond acceptors (Lipinski definition) is 3. The van der Waals surface area contributed by atoms with E-state index in [0.29, 0.717) is 0 Å². The highest BCUT2D eigenvalue weighted by molar-refractivity contribution is 5.59. The molecular formula is C31H41N3. The Morgan fingerprint density at radius 3 is 1.06 bits per heavy atom. The standard InChI is InChI=1S/C31H41N3/c1-8-24-9-15-27(16-10-24)32-21-33(28-17-11-25(12-18-28)30(2,3)4)23-34(22-32)29-19-13-26(14-20-29)31(5,6)7/h9-20H,8,21-23H2,1-7H3. The Kier molecular flexibility index (Phi) is 6.66. The largest absolute Gasteiger partial charge is 0.336 e. The minimum Gasteiger partial charge on any atom is -0.336 e. The van der Waals surface area contributed by atoms with Crippen LogP contribution in [0.25, 0.3) is 0 Å². The molecule has 0 amide bonds. The molecule has 1 fully saturated rings. The molecule has 180 valence electrons. The monoisotopic (exact) mass is 455 g/mol. The van der Waals surface area contributed by atoms with Gasteiger partial charge in [0.25, 0.3) is 0 Å². The van der Waals surface area contributed by atoms with Gasteiger partial charge in [-0.2, -0.15) is 0 Å².